The molecule has 4 aromatic rings. The Morgan fingerprint density at radius 2 is 1.50 bits per heavy atom. The van der Waals surface area contributed by atoms with Crippen LogP contribution >= 0.6 is 34.8 Å². The van der Waals surface area contributed by atoms with Gasteiger partial charge in [-0.3, -0.25) is 13.9 Å². The quantitative estimate of drug-likeness (QED) is 0.153. The van der Waals surface area contributed by atoms with Gasteiger partial charge in [0.2, 0.25) is 11.8 Å². The minimum absolute atomic E-state index is 0.0761. The molecule has 0 aliphatic rings. The summed E-state index contributed by atoms with van der Waals surface area (Å²) in [7, 11) is -4.34. The van der Waals surface area contributed by atoms with Gasteiger partial charge in [0.05, 0.1) is 17.2 Å². The van der Waals surface area contributed by atoms with E-state index in [2.05, 4.69) is 5.32 Å². The van der Waals surface area contributed by atoms with E-state index in [1.54, 1.807) is 56.3 Å². The molecule has 12 heteroatoms. The first-order chi connectivity index (χ1) is 22.0. The molecular weight excluding hydrogens is 669 g/mol. The number of anilines is 1. The average Bonchev–Trinajstić information content (AvgIpc) is 3.03. The van der Waals surface area contributed by atoms with Gasteiger partial charge in [-0.05, 0) is 73.5 Å². The van der Waals surface area contributed by atoms with Crippen molar-refractivity contribution in [3.05, 3.63) is 123 Å². The number of nitrogens with one attached hydrogen (secondary N) is 1. The Morgan fingerprint density at radius 3 is 2.15 bits per heavy atom. The number of benzene rings is 4. The zero-order valence-electron chi connectivity index (χ0n) is 25.3. The number of para-hydroxylation sites is 2. The SMILES string of the molecule is CCNC(=O)C(Cc1ccccc1)N(Cc1ccc(Cl)cc1Cl)C(=O)CN(c1ccccc1OCC)S(=O)(=O)c1ccc(Cl)cc1. The fourth-order valence-corrected chi connectivity index (χ4v) is 6.89. The topological polar surface area (TPSA) is 96.0 Å². The molecule has 8 nitrogen and oxygen atoms in total. The van der Waals surface area contributed by atoms with Crippen LogP contribution in [0, 0.1) is 0 Å². The van der Waals surface area contributed by atoms with E-state index < -0.39 is 34.4 Å². The van der Waals surface area contributed by atoms with Crippen LogP contribution in [0.3, 0.4) is 0 Å². The summed E-state index contributed by atoms with van der Waals surface area (Å²) in [6.07, 6.45) is 0.170. The van der Waals surface area contributed by atoms with Gasteiger partial charge in [-0.15, -0.1) is 0 Å². The predicted octanol–water partition coefficient (Wildman–Crippen LogP) is 7.02. The number of likely N-dealkylation sites (N-methyl/N-ethyl adjacent to an activating group) is 1. The maximum atomic E-state index is 14.6. The van der Waals surface area contributed by atoms with Crippen LogP contribution in [0.4, 0.5) is 5.69 Å². The van der Waals surface area contributed by atoms with Crippen LogP contribution in [0.15, 0.2) is 102 Å². The third kappa shape index (κ3) is 8.73. The molecule has 1 N–H and O–H groups in total. The summed E-state index contributed by atoms with van der Waals surface area (Å²) in [5, 5.41) is 3.89. The van der Waals surface area contributed by atoms with Gasteiger partial charge in [0, 0.05) is 34.6 Å². The second-order valence-corrected chi connectivity index (χ2v) is 13.4. The molecule has 0 aliphatic carbocycles. The van der Waals surface area contributed by atoms with Crippen LogP contribution in [0.5, 0.6) is 5.75 Å². The van der Waals surface area contributed by atoms with Gasteiger partial charge in [0.25, 0.3) is 10.0 Å². The number of nitrogens with zero attached hydrogens (tertiary/aromatic N) is 2. The molecule has 0 heterocycles. The third-order valence-electron chi connectivity index (χ3n) is 7.09. The number of hydrogen-bond donors (Lipinski definition) is 1. The number of halogens is 3. The molecule has 4 aromatic carbocycles. The van der Waals surface area contributed by atoms with E-state index in [9.17, 15) is 18.0 Å². The largest absolute Gasteiger partial charge is 0.492 e. The van der Waals surface area contributed by atoms with Crippen molar-refractivity contribution in [1.82, 2.24) is 10.2 Å². The summed E-state index contributed by atoms with van der Waals surface area (Å²) < 4.78 is 35.3. The van der Waals surface area contributed by atoms with Crippen LogP contribution in [0.1, 0.15) is 25.0 Å². The van der Waals surface area contributed by atoms with Crippen LogP contribution in [0.2, 0.25) is 15.1 Å². The summed E-state index contributed by atoms with van der Waals surface area (Å²) >= 11 is 18.8. The molecule has 0 saturated carbocycles. The highest BCUT2D eigenvalue weighted by molar-refractivity contribution is 7.92. The van der Waals surface area contributed by atoms with Crippen molar-refractivity contribution in [1.29, 1.82) is 0 Å². The van der Waals surface area contributed by atoms with E-state index in [1.807, 2.05) is 30.3 Å². The van der Waals surface area contributed by atoms with Crippen molar-refractivity contribution >= 4 is 62.3 Å². The van der Waals surface area contributed by atoms with Gasteiger partial charge in [0.15, 0.2) is 0 Å². The minimum atomic E-state index is -4.34. The Balaban J connectivity index is 1.85. The van der Waals surface area contributed by atoms with Crippen LogP contribution < -0.4 is 14.4 Å². The molecule has 0 bridgehead atoms. The fourth-order valence-electron chi connectivity index (χ4n) is 4.87. The predicted molar refractivity (Wildman–Crippen MR) is 183 cm³/mol. The molecular formula is C34H34Cl3N3O5S. The number of carbonyl (C=O) groups excluding carboxylic acids is 2. The lowest BCUT2D eigenvalue weighted by Crippen LogP contribution is -2.53. The molecule has 0 fully saturated rings. The Bertz CT molecular complexity index is 1760. The highest BCUT2D eigenvalue weighted by Gasteiger charge is 2.35. The van der Waals surface area contributed by atoms with Crippen molar-refractivity contribution in [3.63, 3.8) is 0 Å². The Hall–Kier alpha value is -3.76. The van der Waals surface area contributed by atoms with Crippen LogP contribution in [0.25, 0.3) is 0 Å². The highest BCUT2D eigenvalue weighted by Crippen LogP contribution is 2.33. The molecule has 242 valence electrons. The summed E-state index contributed by atoms with van der Waals surface area (Å²) in [6, 6.07) is 25.4. The number of ether oxygens (including phenoxy) is 1. The number of sulfonamides is 1. The zero-order chi connectivity index (χ0) is 33.3. The van der Waals surface area contributed by atoms with Crippen LogP contribution in [-0.2, 0) is 32.6 Å². The van der Waals surface area contributed by atoms with Crippen LogP contribution in [-0.4, -0.2) is 50.9 Å². The average molecular weight is 703 g/mol. The molecule has 0 spiro atoms. The standard InChI is InChI=1S/C34H34Cl3N3O5S/c1-3-38-34(42)31(20-24-10-6-5-7-11-24)39(22-25-14-15-27(36)21-29(25)37)33(41)23-40(30-12-8-9-13-32(30)45-4-2)46(43,44)28-18-16-26(35)17-19-28/h5-19,21,31H,3-4,20,22-23H2,1-2H3,(H,38,42). The molecule has 46 heavy (non-hydrogen) atoms. The lowest BCUT2D eigenvalue weighted by Gasteiger charge is -2.34. The first-order valence-electron chi connectivity index (χ1n) is 14.6. The Morgan fingerprint density at radius 1 is 0.848 bits per heavy atom. The van der Waals surface area contributed by atoms with Gasteiger partial charge in [-0.2, -0.15) is 0 Å². The lowest BCUT2D eigenvalue weighted by atomic mass is 10.0. The number of carbonyl (C=O) groups is 2. The van der Waals surface area contributed by atoms with Crippen molar-refractivity contribution < 1.29 is 22.7 Å². The van der Waals surface area contributed by atoms with E-state index in [4.69, 9.17) is 39.5 Å². The van der Waals surface area contributed by atoms with Crippen molar-refractivity contribution in [3.8, 4) is 5.75 Å². The lowest BCUT2D eigenvalue weighted by molar-refractivity contribution is -0.140. The van der Waals surface area contributed by atoms with Gasteiger partial charge in [0.1, 0.15) is 18.3 Å². The van der Waals surface area contributed by atoms with E-state index in [-0.39, 0.29) is 35.9 Å². The van der Waals surface area contributed by atoms with E-state index in [1.165, 1.54) is 29.2 Å². The summed E-state index contributed by atoms with van der Waals surface area (Å²) in [6.45, 7) is 3.41. The molecule has 0 saturated heterocycles. The third-order valence-corrected chi connectivity index (χ3v) is 9.71. The Kier molecular flexibility index (Phi) is 12.3. The molecule has 1 unspecified atom stereocenters. The highest BCUT2D eigenvalue weighted by atomic mass is 35.5. The van der Waals surface area contributed by atoms with Gasteiger partial charge in [-0.1, -0.05) is 83.3 Å². The van der Waals surface area contributed by atoms with Gasteiger partial charge in [-0.25, -0.2) is 8.42 Å². The number of rotatable bonds is 14. The Labute approximate surface area is 284 Å². The van der Waals surface area contributed by atoms with Gasteiger partial charge >= 0.3 is 0 Å². The van der Waals surface area contributed by atoms with E-state index >= 15 is 0 Å². The molecule has 1 atom stereocenters. The second-order valence-electron chi connectivity index (χ2n) is 10.2. The summed E-state index contributed by atoms with van der Waals surface area (Å²) in [4.78, 5) is 29.5. The minimum Gasteiger partial charge on any atom is -0.492 e. The van der Waals surface area contributed by atoms with Crippen molar-refractivity contribution in [2.75, 3.05) is 24.0 Å². The molecule has 0 radical (unpaired) electrons. The summed E-state index contributed by atoms with van der Waals surface area (Å²) in [5.74, 6) is -0.763. The van der Waals surface area contributed by atoms with Gasteiger partial charge < -0.3 is 15.0 Å². The van der Waals surface area contributed by atoms with Crippen molar-refractivity contribution in [2.24, 2.45) is 0 Å². The smallest absolute Gasteiger partial charge is 0.264 e. The monoisotopic (exact) mass is 701 g/mol. The fraction of sp³-hybridized carbons (Fsp3) is 0.235. The molecule has 0 aliphatic heterocycles. The molecule has 2 amide bonds. The summed E-state index contributed by atoms with van der Waals surface area (Å²) in [5.41, 5.74) is 1.50. The second kappa shape index (κ2) is 16.2. The van der Waals surface area contributed by atoms with Crippen molar-refractivity contribution in [2.45, 2.75) is 37.8 Å². The van der Waals surface area contributed by atoms with E-state index in [0.717, 1.165) is 9.87 Å². The first kappa shape index (κ1) is 35.1. The molecule has 4 rings (SSSR count). The zero-order valence-corrected chi connectivity index (χ0v) is 28.4. The number of amides is 2. The maximum Gasteiger partial charge on any atom is 0.264 e. The normalized spacial score (nSPS) is 11.8. The van der Waals surface area contributed by atoms with E-state index in [0.29, 0.717) is 27.2 Å². The molecule has 0 aromatic heterocycles. The maximum absolute atomic E-state index is 14.6. The number of hydrogen-bond acceptors (Lipinski definition) is 5. The first-order valence-corrected chi connectivity index (χ1v) is 17.2.